The van der Waals surface area contributed by atoms with Gasteiger partial charge in [0.05, 0.1) is 30.3 Å². The number of carbonyl (C=O) groups is 2. The lowest BCUT2D eigenvalue weighted by molar-refractivity contribution is -0.125. The van der Waals surface area contributed by atoms with Crippen LogP contribution in [0.4, 0.5) is 14.9 Å². The summed E-state index contributed by atoms with van der Waals surface area (Å²) in [6, 6.07) is 14.4. The number of methoxy groups -OCH3 is 2. The van der Waals surface area contributed by atoms with Crippen molar-refractivity contribution in [2.24, 2.45) is 11.8 Å². The molecule has 0 spiro atoms. The second-order valence-electron chi connectivity index (χ2n) is 16.9. The average molecular weight is 794 g/mol. The van der Waals surface area contributed by atoms with Crippen molar-refractivity contribution in [1.82, 2.24) is 20.0 Å². The Morgan fingerprint density at radius 3 is 2.32 bits per heavy atom. The Hall–Kier alpha value is -3.52. The Bertz CT molecular complexity index is 1810. The molecule has 5 fully saturated rings. The van der Waals surface area contributed by atoms with E-state index in [0.717, 1.165) is 95.5 Å². The molecule has 4 saturated heterocycles. The van der Waals surface area contributed by atoms with Gasteiger partial charge in [-0.2, -0.15) is 0 Å². The number of likely N-dealkylation sites (tertiary alicyclic amines) is 3. The minimum Gasteiger partial charge on any atom is -0.453 e. The highest BCUT2D eigenvalue weighted by molar-refractivity contribution is 7.92. The standard InChI is InChI=1S/C43H60FN5O6S/c1-4-40(50)48-23-6-5-12-37(27-48)56(52,53)36-17-15-35(16-18-36)49-29-42(30-49,55-3)28-47-24-19-32(20-25-47)43(31-46-21-9-22-46,33-10-7-11-34(44)26-33)38-13-8-14-39(38)45-41(51)54-2/h4,7,10-11,15-18,26,32,37-39H,1,5-6,8-9,12-14,19-25,27-31H2,2-3H3,(H,45,51)/t37-,38+,39+,43?/m1/s1. The number of anilines is 1. The van der Waals surface area contributed by atoms with Crippen LogP contribution in [0, 0.1) is 17.7 Å². The first-order valence-electron chi connectivity index (χ1n) is 20.6. The predicted octanol–water partition coefficient (Wildman–Crippen LogP) is 5.25. The molecular weight excluding hydrogens is 734 g/mol. The Morgan fingerprint density at radius 2 is 1.68 bits per heavy atom. The second kappa shape index (κ2) is 17.1. The number of ether oxygens (including phenoxy) is 2. The van der Waals surface area contributed by atoms with Gasteiger partial charge in [0, 0.05) is 50.4 Å². The van der Waals surface area contributed by atoms with Gasteiger partial charge in [-0.05, 0) is 131 Å². The largest absolute Gasteiger partial charge is 0.453 e. The van der Waals surface area contributed by atoms with Crippen LogP contribution in [-0.4, -0.2) is 132 Å². The highest BCUT2D eigenvalue weighted by Gasteiger charge is 2.54. The van der Waals surface area contributed by atoms with Gasteiger partial charge in [0.1, 0.15) is 11.4 Å². The number of amides is 2. The predicted molar refractivity (Wildman–Crippen MR) is 215 cm³/mol. The molecule has 5 aliphatic rings. The molecule has 4 heterocycles. The normalized spacial score (nSPS) is 26.0. The topological polar surface area (TPSA) is 112 Å². The van der Waals surface area contributed by atoms with Crippen molar-refractivity contribution in [3.63, 3.8) is 0 Å². The summed E-state index contributed by atoms with van der Waals surface area (Å²) in [5.41, 5.74) is 1.34. The van der Waals surface area contributed by atoms with Crippen molar-refractivity contribution >= 4 is 27.5 Å². The number of hydrogen-bond acceptors (Lipinski definition) is 9. The SMILES string of the molecule is C=CC(=O)N1CCCC[C@@H](S(=O)(=O)c2ccc(N3CC(CN4CCC(C(CN5CCC5)(c5cccc(F)c5)[C@H]5CCC[C@@H]5NC(=O)OC)CC4)(OC)C3)cc2)C1. The lowest BCUT2D eigenvalue weighted by atomic mass is 9.57. The first-order valence-corrected chi connectivity index (χ1v) is 22.2. The van der Waals surface area contributed by atoms with Gasteiger partial charge in [-0.25, -0.2) is 17.6 Å². The van der Waals surface area contributed by atoms with Crippen molar-refractivity contribution in [3.05, 3.63) is 72.6 Å². The van der Waals surface area contributed by atoms with Crippen LogP contribution < -0.4 is 10.2 Å². The van der Waals surface area contributed by atoms with E-state index < -0.39 is 21.2 Å². The van der Waals surface area contributed by atoms with Gasteiger partial charge in [-0.3, -0.25) is 4.79 Å². The maximum Gasteiger partial charge on any atom is 0.407 e. The van der Waals surface area contributed by atoms with Crippen LogP contribution >= 0.6 is 0 Å². The van der Waals surface area contributed by atoms with Crippen LogP contribution in [0.1, 0.15) is 63.4 Å². The fourth-order valence-corrected chi connectivity index (χ4v) is 12.4. The summed E-state index contributed by atoms with van der Waals surface area (Å²) in [5, 5.41) is 2.54. The molecule has 2 aromatic rings. The molecule has 11 nitrogen and oxygen atoms in total. The van der Waals surface area contributed by atoms with Gasteiger partial charge in [0.2, 0.25) is 5.91 Å². The van der Waals surface area contributed by atoms with Crippen molar-refractivity contribution < 1.29 is 31.9 Å². The molecule has 306 valence electrons. The van der Waals surface area contributed by atoms with E-state index in [1.807, 2.05) is 18.2 Å². The third-order valence-electron chi connectivity index (χ3n) is 13.8. The maximum atomic E-state index is 15.1. The third kappa shape index (κ3) is 8.24. The molecule has 56 heavy (non-hydrogen) atoms. The van der Waals surface area contributed by atoms with E-state index in [1.54, 1.807) is 30.2 Å². The van der Waals surface area contributed by atoms with E-state index in [4.69, 9.17) is 9.47 Å². The summed E-state index contributed by atoms with van der Waals surface area (Å²) >= 11 is 0. The fourth-order valence-electron chi connectivity index (χ4n) is 10.6. The molecule has 0 aromatic heterocycles. The Balaban J connectivity index is 1.02. The van der Waals surface area contributed by atoms with Gasteiger partial charge in [-0.1, -0.05) is 31.6 Å². The van der Waals surface area contributed by atoms with Gasteiger partial charge in [0.15, 0.2) is 9.84 Å². The molecule has 1 unspecified atom stereocenters. The lowest BCUT2D eigenvalue weighted by Gasteiger charge is -2.55. The molecule has 2 aromatic carbocycles. The summed E-state index contributed by atoms with van der Waals surface area (Å²) in [5.74, 6) is 0.0263. The van der Waals surface area contributed by atoms with Crippen LogP contribution in [0.15, 0.2) is 66.1 Å². The van der Waals surface area contributed by atoms with E-state index in [2.05, 4.69) is 32.7 Å². The zero-order valence-corrected chi connectivity index (χ0v) is 34.0. The van der Waals surface area contributed by atoms with Gasteiger partial charge in [0.25, 0.3) is 0 Å². The summed E-state index contributed by atoms with van der Waals surface area (Å²) in [6.45, 7) is 11.2. The Kier molecular flexibility index (Phi) is 12.4. The molecule has 1 N–H and O–H groups in total. The van der Waals surface area contributed by atoms with Crippen molar-refractivity contribution in [1.29, 1.82) is 0 Å². The van der Waals surface area contributed by atoms with Gasteiger partial charge >= 0.3 is 6.09 Å². The van der Waals surface area contributed by atoms with E-state index in [0.29, 0.717) is 32.0 Å². The first-order chi connectivity index (χ1) is 27.0. The summed E-state index contributed by atoms with van der Waals surface area (Å²) in [6.07, 6.45) is 8.90. The number of sulfone groups is 1. The van der Waals surface area contributed by atoms with E-state index in [-0.39, 0.29) is 46.1 Å². The van der Waals surface area contributed by atoms with Gasteiger partial charge < -0.3 is 34.4 Å². The molecule has 0 bridgehead atoms. The van der Waals surface area contributed by atoms with E-state index in [9.17, 15) is 18.0 Å². The maximum absolute atomic E-state index is 15.1. The smallest absolute Gasteiger partial charge is 0.407 e. The van der Waals surface area contributed by atoms with Crippen molar-refractivity contribution in [3.8, 4) is 0 Å². The molecule has 4 aliphatic heterocycles. The minimum absolute atomic E-state index is 0.0351. The average Bonchev–Trinajstić information content (AvgIpc) is 3.48. The molecular formula is C43H60FN5O6S. The molecule has 13 heteroatoms. The van der Waals surface area contributed by atoms with E-state index >= 15 is 4.39 Å². The summed E-state index contributed by atoms with van der Waals surface area (Å²) in [7, 11) is -0.424. The van der Waals surface area contributed by atoms with Crippen LogP contribution in [0.3, 0.4) is 0 Å². The fraction of sp³-hybridized carbons (Fsp3) is 0.628. The first kappa shape index (κ1) is 40.7. The van der Waals surface area contributed by atoms with Gasteiger partial charge in [-0.15, -0.1) is 0 Å². The lowest BCUT2D eigenvalue weighted by Crippen LogP contribution is -2.68. The highest BCUT2D eigenvalue weighted by atomic mass is 32.2. The Labute approximate surface area is 332 Å². The second-order valence-corrected chi connectivity index (χ2v) is 19.1. The summed E-state index contributed by atoms with van der Waals surface area (Å²) in [4.78, 5) is 34.0. The number of piperidine rings is 1. The van der Waals surface area contributed by atoms with Crippen LogP contribution in [0.2, 0.25) is 0 Å². The molecule has 1 aliphatic carbocycles. The van der Waals surface area contributed by atoms with Crippen LogP contribution in [-0.2, 0) is 29.5 Å². The minimum atomic E-state index is -3.62. The molecule has 1 saturated carbocycles. The number of hydrogen-bond donors (Lipinski definition) is 1. The zero-order valence-electron chi connectivity index (χ0n) is 33.2. The molecule has 0 radical (unpaired) electrons. The highest BCUT2D eigenvalue weighted by Crippen LogP contribution is 2.51. The number of rotatable bonds is 13. The zero-order chi connectivity index (χ0) is 39.5. The number of carbonyl (C=O) groups excluding carboxylic acids is 2. The number of halogens is 1. The summed E-state index contributed by atoms with van der Waals surface area (Å²) < 4.78 is 53.7. The van der Waals surface area contributed by atoms with Crippen LogP contribution in [0.5, 0.6) is 0 Å². The van der Waals surface area contributed by atoms with Crippen LogP contribution in [0.25, 0.3) is 0 Å². The van der Waals surface area contributed by atoms with Crippen molar-refractivity contribution in [2.75, 3.05) is 84.6 Å². The van der Waals surface area contributed by atoms with Crippen molar-refractivity contribution in [2.45, 2.75) is 85.0 Å². The number of nitrogens with zero attached hydrogens (tertiary/aromatic N) is 4. The third-order valence-corrected chi connectivity index (χ3v) is 16.0. The van der Waals surface area contributed by atoms with E-state index in [1.165, 1.54) is 25.7 Å². The number of alkyl carbamates (subject to hydrolysis) is 1. The number of nitrogens with one attached hydrogen (secondary N) is 1. The Morgan fingerprint density at radius 1 is 0.929 bits per heavy atom. The quantitative estimate of drug-likeness (QED) is 0.272. The molecule has 7 rings (SSSR count). The number of benzene rings is 2. The molecule has 4 atom stereocenters. The monoisotopic (exact) mass is 793 g/mol. The molecule has 2 amide bonds.